The Morgan fingerprint density at radius 3 is 2.62 bits per heavy atom. The van der Waals surface area contributed by atoms with Crippen LogP contribution in [0.25, 0.3) is 0 Å². The molecule has 0 aliphatic rings. The van der Waals surface area contributed by atoms with Gasteiger partial charge in [0.15, 0.2) is 0 Å². The summed E-state index contributed by atoms with van der Waals surface area (Å²) in [5, 5.41) is 0. The van der Waals surface area contributed by atoms with Gasteiger partial charge in [-0.2, -0.15) is 0 Å². The standard InChI is InChI=1S/C18H16BrFN4/c1-13-8-18(23-12-22-13)24(11-16-4-2-3-7-21-16)10-14-5-6-15(19)9-17(14)20/h2-9,12H,10-11H2,1H3. The zero-order valence-corrected chi connectivity index (χ0v) is 14.7. The number of aromatic nitrogens is 3. The van der Waals surface area contributed by atoms with Gasteiger partial charge in [0, 0.05) is 34.5 Å². The maximum atomic E-state index is 14.2. The van der Waals surface area contributed by atoms with Crippen LogP contribution in [0.15, 0.2) is 59.5 Å². The molecule has 0 aliphatic heterocycles. The van der Waals surface area contributed by atoms with Crippen molar-refractivity contribution in [2.75, 3.05) is 4.90 Å². The molecular weight excluding hydrogens is 371 g/mol. The van der Waals surface area contributed by atoms with Crippen LogP contribution >= 0.6 is 15.9 Å². The first-order valence-corrected chi connectivity index (χ1v) is 8.28. The van der Waals surface area contributed by atoms with Crippen LogP contribution < -0.4 is 4.90 Å². The topological polar surface area (TPSA) is 41.9 Å². The van der Waals surface area contributed by atoms with E-state index in [-0.39, 0.29) is 5.82 Å². The first-order valence-electron chi connectivity index (χ1n) is 7.49. The summed E-state index contributed by atoms with van der Waals surface area (Å²) >= 11 is 3.29. The molecule has 0 fully saturated rings. The van der Waals surface area contributed by atoms with Gasteiger partial charge in [0.05, 0.1) is 12.2 Å². The van der Waals surface area contributed by atoms with Crippen LogP contribution in [0.3, 0.4) is 0 Å². The zero-order chi connectivity index (χ0) is 16.9. The summed E-state index contributed by atoms with van der Waals surface area (Å²) in [6.45, 7) is 2.84. The second-order valence-corrected chi connectivity index (χ2v) is 6.35. The largest absolute Gasteiger partial charge is 0.346 e. The monoisotopic (exact) mass is 386 g/mol. The number of rotatable bonds is 5. The number of nitrogens with zero attached hydrogens (tertiary/aromatic N) is 4. The second-order valence-electron chi connectivity index (χ2n) is 5.43. The van der Waals surface area contributed by atoms with Crippen LogP contribution in [0.4, 0.5) is 10.2 Å². The maximum Gasteiger partial charge on any atom is 0.132 e. The van der Waals surface area contributed by atoms with Crippen molar-refractivity contribution in [3.63, 3.8) is 0 Å². The number of halogens is 2. The third-order valence-electron chi connectivity index (χ3n) is 3.57. The molecule has 4 nitrogen and oxygen atoms in total. The number of anilines is 1. The molecular formula is C18H16BrFN4. The van der Waals surface area contributed by atoms with Crippen molar-refractivity contribution in [2.24, 2.45) is 0 Å². The fraction of sp³-hybridized carbons (Fsp3) is 0.167. The zero-order valence-electron chi connectivity index (χ0n) is 13.2. The fourth-order valence-corrected chi connectivity index (χ4v) is 2.71. The normalized spacial score (nSPS) is 10.6. The fourth-order valence-electron chi connectivity index (χ4n) is 2.37. The van der Waals surface area contributed by atoms with E-state index in [9.17, 15) is 4.39 Å². The minimum atomic E-state index is -0.249. The van der Waals surface area contributed by atoms with Crippen molar-refractivity contribution >= 4 is 21.7 Å². The van der Waals surface area contributed by atoms with Crippen LogP contribution in [0, 0.1) is 12.7 Å². The molecule has 3 rings (SSSR count). The lowest BCUT2D eigenvalue weighted by atomic mass is 10.2. The van der Waals surface area contributed by atoms with Crippen molar-refractivity contribution in [2.45, 2.75) is 20.0 Å². The molecule has 6 heteroatoms. The van der Waals surface area contributed by atoms with E-state index in [0.717, 1.165) is 21.7 Å². The molecule has 0 atom stereocenters. The predicted octanol–water partition coefficient (Wildman–Crippen LogP) is 4.29. The average Bonchev–Trinajstić information content (AvgIpc) is 2.57. The predicted molar refractivity (Wildman–Crippen MR) is 95.0 cm³/mol. The molecule has 0 spiro atoms. The van der Waals surface area contributed by atoms with Crippen LogP contribution in [0.2, 0.25) is 0 Å². The number of aryl methyl sites for hydroxylation is 1. The summed E-state index contributed by atoms with van der Waals surface area (Å²) in [5.74, 6) is 0.497. The third-order valence-corrected chi connectivity index (χ3v) is 4.06. The van der Waals surface area contributed by atoms with Gasteiger partial charge >= 0.3 is 0 Å². The van der Waals surface area contributed by atoms with Crippen molar-refractivity contribution in [3.8, 4) is 0 Å². The highest BCUT2D eigenvalue weighted by molar-refractivity contribution is 9.10. The first-order chi connectivity index (χ1) is 11.6. The van der Waals surface area contributed by atoms with Crippen molar-refractivity contribution < 1.29 is 4.39 Å². The molecule has 0 N–H and O–H groups in total. The van der Waals surface area contributed by atoms with Gasteiger partial charge in [0.2, 0.25) is 0 Å². The lowest BCUT2D eigenvalue weighted by Gasteiger charge is -2.24. The Morgan fingerprint density at radius 1 is 1.04 bits per heavy atom. The summed E-state index contributed by atoms with van der Waals surface area (Å²) in [4.78, 5) is 14.8. The molecule has 24 heavy (non-hydrogen) atoms. The summed E-state index contributed by atoms with van der Waals surface area (Å²) in [6.07, 6.45) is 3.27. The SMILES string of the molecule is Cc1cc(N(Cc2ccccn2)Cc2ccc(Br)cc2F)ncn1. The smallest absolute Gasteiger partial charge is 0.132 e. The van der Waals surface area contributed by atoms with E-state index in [2.05, 4.69) is 30.9 Å². The van der Waals surface area contributed by atoms with E-state index in [0.29, 0.717) is 18.7 Å². The molecule has 0 amide bonds. The minimum Gasteiger partial charge on any atom is -0.346 e. The second kappa shape index (κ2) is 7.49. The van der Waals surface area contributed by atoms with Crippen LogP contribution in [0.5, 0.6) is 0 Å². The van der Waals surface area contributed by atoms with Crippen molar-refractivity contribution in [1.29, 1.82) is 0 Å². The highest BCUT2D eigenvalue weighted by Gasteiger charge is 2.13. The van der Waals surface area contributed by atoms with E-state index >= 15 is 0 Å². The molecule has 2 aromatic heterocycles. The molecule has 0 saturated heterocycles. The van der Waals surface area contributed by atoms with Gasteiger partial charge in [0.1, 0.15) is 18.0 Å². The van der Waals surface area contributed by atoms with E-state index in [1.807, 2.05) is 42.2 Å². The number of hydrogen-bond donors (Lipinski definition) is 0. The quantitative estimate of drug-likeness (QED) is 0.655. The Labute approximate surface area is 148 Å². The van der Waals surface area contributed by atoms with Gasteiger partial charge in [-0.1, -0.05) is 28.1 Å². The first kappa shape index (κ1) is 16.5. The van der Waals surface area contributed by atoms with Gasteiger partial charge < -0.3 is 4.90 Å². The van der Waals surface area contributed by atoms with Gasteiger partial charge in [-0.15, -0.1) is 0 Å². The van der Waals surface area contributed by atoms with Crippen molar-refractivity contribution in [1.82, 2.24) is 15.0 Å². The number of hydrogen-bond acceptors (Lipinski definition) is 4. The molecule has 0 unspecified atom stereocenters. The Balaban J connectivity index is 1.92. The van der Waals surface area contributed by atoms with Crippen molar-refractivity contribution in [3.05, 3.63) is 82.2 Å². The van der Waals surface area contributed by atoms with E-state index in [1.165, 1.54) is 12.4 Å². The molecule has 0 radical (unpaired) electrons. The summed E-state index contributed by atoms with van der Waals surface area (Å²) in [6, 6.07) is 12.7. The molecule has 0 aliphatic carbocycles. The summed E-state index contributed by atoms with van der Waals surface area (Å²) < 4.78 is 15.0. The van der Waals surface area contributed by atoms with Gasteiger partial charge in [-0.3, -0.25) is 4.98 Å². The highest BCUT2D eigenvalue weighted by Crippen LogP contribution is 2.21. The molecule has 1 aromatic carbocycles. The lowest BCUT2D eigenvalue weighted by Crippen LogP contribution is -2.24. The van der Waals surface area contributed by atoms with Gasteiger partial charge in [-0.05, 0) is 31.2 Å². The Hall–Kier alpha value is -2.34. The summed E-state index contributed by atoms with van der Waals surface area (Å²) in [5.41, 5.74) is 2.36. The lowest BCUT2D eigenvalue weighted by molar-refractivity contribution is 0.601. The Morgan fingerprint density at radius 2 is 1.92 bits per heavy atom. The number of benzene rings is 1. The molecule has 3 aromatic rings. The molecule has 122 valence electrons. The Kier molecular flexibility index (Phi) is 5.15. The van der Waals surface area contributed by atoms with Gasteiger partial charge in [0.25, 0.3) is 0 Å². The highest BCUT2D eigenvalue weighted by atomic mass is 79.9. The average molecular weight is 387 g/mol. The van der Waals surface area contributed by atoms with Gasteiger partial charge in [-0.25, -0.2) is 14.4 Å². The Bertz CT molecular complexity index is 826. The van der Waals surface area contributed by atoms with E-state index < -0.39 is 0 Å². The van der Waals surface area contributed by atoms with Crippen LogP contribution in [-0.4, -0.2) is 15.0 Å². The molecule has 0 bridgehead atoms. The third kappa shape index (κ3) is 4.14. The minimum absolute atomic E-state index is 0.249. The van der Waals surface area contributed by atoms with Crippen LogP contribution in [0.1, 0.15) is 17.0 Å². The van der Waals surface area contributed by atoms with Crippen LogP contribution in [-0.2, 0) is 13.1 Å². The van der Waals surface area contributed by atoms with E-state index in [1.54, 1.807) is 12.3 Å². The number of pyridine rings is 1. The maximum absolute atomic E-state index is 14.2. The molecule has 0 saturated carbocycles. The summed E-state index contributed by atoms with van der Waals surface area (Å²) in [7, 11) is 0. The van der Waals surface area contributed by atoms with E-state index in [4.69, 9.17) is 0 Å². The molecule has 2 heterocycles.